The van der Waals surface area contributed by atoms with Gasteiger partial charge in [0, 0.05) is 12.8 Å². The van der Waals surface area contributed by atoms with Crippen molar-refractivity contribution >= 4 is 5.97 Å². The third-order valence-corrected chi connectivity index (χ3v) is 13.5. The molecule has 0 aromatic carbocycles. The number of unbranched alkanes of at least 4 members (excludes halogenated alkanes) is 8. The van der Waals surface area contributed by atoms with Crippen LogP contribution in [0.3, 0.4) is 0 Å². The van der Waals surface area contributed by atoms with Crippen LogP contribution in [0.15, 0.2) is 23.8 Å². The molecule has 0 radical (unpaired) electrons. The Morgan fingerprint density at radius 1 is 0.864 bits per heavy atom. The monoisotopic (exact) mass is 609 g/mol. The molecular weight excluding hydrogens is 536 g/mol. The molecule has 8 unspecified atom stereocenters. The van der Waals surface area contributed by atoms with Gasteiger partial charge in [0.2, 0.25) is 0 Å². The van der Waals surface area contributed by atoms with Crippen LogP contribution in [0, 0.1) is 46.3 Å². The van der Waals surface area contributed by atoms with Crippen molar-refractivity contribution in [3.63, 3.8) is 0 Å². The third-order valence-electron chi connectivity index (χ3n) is 13.5. The summed E-state index contributed by atoms with van der Waals surface area (Å²) in [6.07, 6.45) is 35.1. The summed E-state index contributed by atoms with van der Waals surface area (Å²) in [4.78, 5) is 12.8. The van der Waals surface area contributed by atoms with Gasteiger partial charge in [-0.2, -0.15) is 0 Å². The zero-order valence-electron chi connectivity index (χ0n) is 30.1. The van der Waals surface area contributed by atoms with E-state index in [4.69, 9.17) is 4.74 Å². The van der Waals surface area contributed by atoms with Gasteiger partial charge in [0.05, 0.1) is 0 Å². The summed E-state index contributed by atoms with van der Waals surface area (Å²) < 4.78 is 6.11. The van der Waals surface area contributed by atoms with Crippen molar-refractivity contribution in [1.82, 2.24) is 0 Å². The van der Waals surface area contributed by atoms with Crippen LogP contribution in [0.25, 0.3) is 0 Å². The molecule has 252 valence electrons. The van der Waals surface area contributed by atoms with E-state index in [1.165, 1.54) is 109 Å². The van der Waals surface area contributed by atoms with E-state index in [2.05, 4.69) is 59.8 Å². The van der Waals surface area contributed by atoms with Gasteiger partial charge in [0.15, 0.2) is 0 Å². The van der Waals surface area contributed by atoms with Gasteiger partial charge in [-0.3, -0.25) is 4.79 Å². The summed E-state index contributed by atoms with van der Waals surface area (Å²) in [5.74, 6) is 5.32. The molecule has 4 aliphatic carbocycles. The largest absolute Gasteiger partial charge is 0.462 e. The van der Waals surface area contributed by atoms with Crippen LogP contribution in [0.5, 0.6) is 0 Å². The minimum absolute atomic E-state index is 0.0517. The predicted octanol–water partition coefficient (Wildman–Crippen LogP) is 12.8. The summed E-state index contributed by atoms with van der Waals surface area (Å²) in [6, 6.07) is 0. The second kappa shape index (κ2) is 17.2. The first-order valence-electron chi connectivity index (χ1n) is 19.7. The minimum atomic E-state index is 0.0517. The van der Waals surface area contributed by atoms with Gasteiger partial charge in [-0.1, -0.05) is 117 Å². The van der Waals surface area contributed by atoms with Gasteiger partial charge >= 0.3 is 5.97 Å². The fourth-order valence-corrected chi connectivity index (χ4v) is 10.8. The number of carbonyl (C=O) groups excluding carboxylic acids is 1. The standard InChI is InChI=1S/C42H72O2/c1-7-8-9-10-11-12-13-14-15-16-17-18-22-40(43)44-35-27-29-41(5)34(31-35)23-24-36-38-26-25-37(33(4)21-19-20-32(2)3)42(38,6)30-28-39(36)41/h11-12,23,32-33,35-39H,7-10,13-22,24-31H2,1-6H3/b12-11-. The molecular formula is C42H72O2. The molecule has 0 aromatic heterocycles. The summed E-state index contributed by atoms with van der Waals surface area (Å²) >= 11 is 0. The van der Waals surface area contributed by atoms with Crippen molar-refractivity contribution in [1.29, 1.82) is 0 Å². The molecule has 4 aliphatic rings. The second-order valence-corrected chi connectivity index (χ2v) is 16.9. The topological polar surface area (TPSA) is 26.3 Å². The molecule has 0 bridgehead atoms. The molecule has 2 nitrogen and oxygen atoms in total. The van der Waals surface area contributed by atoms with E-state index in [0.717, 1.165) is 61.2 Å². The minimum Gasteiger partial charge on any atom is -0.462 e. The first-order valence-corrected chi connectivity index (χ1v) is 19.7. The van der Waals surface area contributed by atoms with Crippen molar-refractivity contribution in [2.45, 2.75) is 189 Å². The van der Waals surface area contributed by atoms with Gasteiger partial charge in [-0.15, -0.1) is 0 Å². The molecule has 0 amide bonds. The molecule has 0 saturated heterocycles. The fourth-order valence-electron chi connectivity index (χ4n) is 10.8. The van der Waals surface area contributed by atoms with Gasteiger partial charge in [0.25, 0.3) is 0 Å². The molecule has 2 heteroatoms. The SMILES string of the molecule is CCCCC/C=C\CCCCCCCC(=O)OC1CCC2(C)C(=CCC3C2CCC2(C)C(C(C)CCCC(C)C)CCC32)C1. The summed E-state index contributed by atoms with van der Waals surface area (Å²) in [7, 11) is 0. The van der Waals surface area contributed by atoms with Crippen LogP contribution < -0.4 is 0 Å². The van der Waals surface area contributed by atoms with E-state index in [-0.39, 0.29) is 12.1 Å². The molecule has 3 fully saturated rings. The summed E-state index contributed by atoms with van der Waals surface area (Å²) in [5.41, 5.74) is 2.53. The number of esters is 1. The van der Waals surface area contributed by atoms with Gasteiger partial charge < -0.3 is 4.74 Å². The third kappa shape index (κ3) is 9.06. The molecule has 0 N–H and O–H groups in total. The molecule has 0 spiro atoms. The average Bonchev–Trinajstić information content (AvgIpc) is 3.35. The summed E-state index contributed by atoms with van der Waals surface area (Å²) in [5, 5.41) is 0. The molecule has 0 heterocycles. The highest BCUT2D eigenvalue weighted by atomic mass is 16.5. The Bertz CT molecular complexity index is 930. The quantitative estimate of drug-likeness (QED) is 0.0879. The highest BCUT2D eigenvalue weighted by Crippen LogP contribution is 2.67. The van der Waals surface area contributed by atoms with Crippen LogP contribution in [0.2, 0.25) is 0 Å². The Morgan fingerprint density at radius 2 is 1.59 bits per heavy atom. The molecule has 3 saturated carbocycles. The van der Waals surface area contributed by atoms with E-state index in [0.29, 0.717) is 17.3 Å². The van der Waals surface area contributed by atoms with Crippen molar-refractivity contribution in [3.8, 4) is 0 Å². The molecule has 0 aromatic rings. The lowest BCUT2D eigenvalue weighted by molar-refractivity contribution is -0.151. The Morgan fingerprint density at radius 3 is 2.34 bits per heavy atom. The number of ether oxygens (including phenoxy) is 1. The average molecular weight is 609 g/mol. The maximum absolute atomic E-state index is 12.8. The van der Waals surface area contributed by atoms with Crippen molar-refractivity contribution in [2.24, 2.45) is 46.3 Å². The zero-order chi connectivity index (χ0) is 31.6. The number of allylic oxidation sites excluding steroid dienone is 3. The smallest absolute Gasteiger partial charge is 0.306 e. The molecule has 44 heavy (non-hydrogen) atoms. The van der Waals surface area contributed by atoms with Gasteiger partial charge in [-0.05, 0) is 123 Å². The van der Waals surface area contributed by atoms with Crippen LogP contribution in [0.1, 0.15) is 183 Å². The second-order valence-electron chi connectivity index (χ2n) is 16.9. The fraction of sp³-hybridized carbons (Fsp3) is 0.881. The lowest BCUT2D eigenvalue weighted by Gasteiger charge is -2.58. The Hall–Kier alpha value is -1.05. The van der Waals surface area contributed by atoms with Crippen molar-refractivity contribution < 1.29 is 9.53 Å². The van der Waals surface area contributed by atoms with E-state index in [1.54, 1.807) is 5.57 Å². The Labute approximate surface area is 274 Å². The predicted molar refractivity (Wildman–Crippen MR) is 189 cm³/mol. The van der Waals surface area contributed by atoms with Crippen LogP contribution in [-0.4, -0.2) is 12.1 Å². The van der Waals surface area contributed by atoms with E-state index in [1.807, 2.05) is 0 Å². The maximum Gasteiger partial charge on any atom is 0.306 e. The normalized spacial score (nSPS) is 34.0. The number of hydrogen-bond donors (Lipinski definition) is 0. The number of carbonyl (C=O) groups is 1. The molecule has 8 atom stereocenters. The number of rotatable bonds is 18. The first kappa shape index (κ1) is 35.8. The van der Waals surface area contributed by atoms with E-state index >= 15 is 0 Å². The number of fused-ring (bicyclic) bond motifs is 5. The zero-order valence-corrected chi connectivity index (χ0v) is 30.1. The van der Waals surface area contributed by atoms with Crippen LogP contribution in [-0.2, 0) is 9.53 Å². The van der Waals surface area contributed by atoms with Crippen LogP contribution >= 0.6 is 0 Å². The van der Waals surface area contributed by atoms with Crippen LogP contribution in [0.4, 0.5) is 0 Å². The van der Waals surface area contributed by atoms with E-state index in [9.17, 15) is 4.79 Å². The highest BCUT2D eigenvalue weighted by Gasteiger charge is 2.59. The van der Waals surface area contributed by atoms with Gasteiger partial charge in [0.1, 0.15) is 6.10 Å². The molecule has 4 rings (SSSR count). The molecule has 0 aliphatic heterocycles. The van der Waals surface area contributed by atoms with Crippen molar-refractivity contribution in [3.05, 3.63) is 23.8 Å². The maximum atomic E-state index is 12.8. The summed E-state index contributed by atoms with van der Waals surface area (Å²) in [6.45, 7) is 14.9. The Balaban J connectivity index is 1.18. The first-order chi connectivity index (χ1) is 21.2. The van der Waals surface area contributed by atoms with Gasteiger partial charge in [-0.25, -0.2) is 0 Å². The van der Waals surface area contributed by atoms with Crippen molar-refractivity contribution in [2.75, 3.05) is 0 Å². The highest BCUT2D eigenvalue weighted by molar-refractivity contribution is 5.69. The lowest BCUT2D eigenvalue weighted by atomic mass is 9.47. The Kier molecular flexibility index (Phi) is 14.0. The van der Waals surface area contributed by atoms with E-state index < -0.39 is 0 Å². The number of hydrogen-bond acceptors (Lipinski definition) is 2. The lowest BCUT2D eigenvalue weighted by Crippen LogP contribution is -2.51.